The zero-order chi connectivity index (χ0) is 19.9. The first kappa shape index (κ1) is 22.6. The molecule has 1 aromatic heterocycles. The summed E-state index contributed by atoms with van der Waals surface area (Å²) in [5.41, 5.74) is 4.31. The van der Waals surface area contributed by atoms with Gasteiger partial charge in [-0.15, -0.1) is 0 Å². The number of hydrogen-bond acceptors (Lipinski definition) is 4. The van der Waals surface area contributed by atoms with Crippen LogP contribution in [-0.4, -0.2) is 24.0 Å². The summed E-state index contributed by atoms with van der Waals surface area (Å²) in [5, 5.41) is 0. The number of pyridine rings is 1. The zero-order valence-electron chi connectivity index (χ0n) is 16.8. The summed E-state index contributed by atoms with van der Waals surface area (Å²) in [5.74, 6) is 6.01. The Morgan fingerprint density at radius 3 is 2.67 bits per heavy atom. The van der Waals surface area contributed by atoms with E-state index in [0.717, 1.165) is 43.7 Å². The molecule has 0 atom stereocenters. The number of aromatic nitrogens is 1. The van der Waals surface area contributed by atoms with Crippen molar-refractivity contribution >= 4 is 11.7 Å². The van der Waals surface area contributed by atoms with Crippen molar-refractivity contribution in [1.82, 2.24) is 10.4 Å². The monoisotopic (exact) mass is 370 g/mol. The molecule has 27 heavy (non-hydrogen) atoms. The molecule has 5 heteroatoms. The Bertz CT molecular complexity index is 614. The van der Waals surface area contributed by atoms with E-state index in [-0.39, 0.29) is 12.3 Å². The van der Waals surface area contributed by atoms with Gasteiger partial charge in [0.15, 0.2) is 0 Å². The summed E-state index contributed by atoms with van der Waals surface area (Å²) in [6, 6.07) is 4.31. The van der Waals surface area contributed by atoms with Crippen molar-refractivity contribution in [2.24, 2.45) is 5.84 Å². The fourth-order valence-electron chi connectivity index (χ4n) is 2.92. The number of amides is 1. The van der Waals surface area contributed by atoms with Crippen LogP contribution in [0, 0.1) is 0 Å². The topological polar surface area (TPSA) is 71.2 Å². The zero-order valence-corrected chi connectivity index (χ0v) is 16.8. The molecule has 0 aliphatic carbocycles. The first-order valence-electron chi connectivity index (χ1n) is 9.90. The number of hydrazine groups is 1. The molecular formula is C22H34N4O. The standard InChI is InChI=1S/C20H28N4O.C2H6/c1-2-8-17(15-20(25)23-21)9-4-3-5-10-18-11-12-19(22-16-18)24-13-6-7-14-24;1-2/h2,4,8-9,11-12,16H,1,3,5-7,10,13-15,21H2,(H,23,25);1-2H3/b9-4-,17-8+;. The van der Waals surface area contributed by atoms with Gasteiger partial charge in [-0.2, -0.15) is 0 Å². The Kier molecular flexibility index (Phi) is 11.5. The third kappa shape index (κ3) is 8.69. The normalized spacial score (nSPS) is 14.0. The highest BCUT2D eigenvalue weighted by Gasteiger charge is 2.12. The molecule has 2 heterocycles. The molecule has 1 saturated heterocycles. The van der Waals surface area contributed by atoms with Gasteiger partial charge in [0.2, 0.25) is 5.91 Å². The van der Waals surface area contributed by atoms with Crippen molar-refractivity contribution < 1.29 is 4.79 Å². The number of carbonyl (C=O) groups is 1. The fourth-order valence-corrected chi connectivity index (χ4v) is 2.92. The molecule has 0 spiro atoms. The highest BCUT2D eigenvalue weighted by atomic mass is 16.2. The van der Waals surface area contributed by atoms with Gasteiger partial charge in [0.1, 0.15) is 5.82 Å². The van der Waals surface area contributed by atoms with E-state index in [0.29, 0.717) is 0 Å². The van der Waals surface area contributed by atoms with E-state index in [1.54, 1.807) is 6.08 Å². The SMILES string of the molecule is C=C/C=C(\C=C/CCCc1ccc(N2CCCC2)nc1)CC(=O)NN.CC. The number of nitrogens with zero attached hydrogens (tertiary/aromatic N) is 2. The first-order valence-corrected chi connectivity index (χ1v) is 9.90. The van der Waals surface area contributed by atoms with E-state index < -0.39 is 0 Å². The highest BCUT2D eigenvalue weighted by molar-refractivity contribution is 5.78. The van der Waals surface area contributed by atoms with Crippen molar-refractivity contribution in [2.75, 3.05) is 18.0 Å². The van der Waals surface area contributed by atoms with E-state index in [4.69, 9.17) is 5.84 Å². The number of carbonyl (C=O) groups excluding carboxylic acids is 1. The Labute approximate surface area is 164 Å². The average molecular weight is 371 g/mol. The molecule has 0 aromatic carbocycles. The number of nitrogens with one attached hydrogen (secondary N) is 1. The third-order valence-electron chi connectivity index (χ3n) is 4.26. The molecule has 1 fully saturated rings. The molecule has 0 unspecified atom stereocenters. The quantitative estimate of drug-likeness (QED) is 0.226. The van der Waals surface area contributed by atoms with Gasteiger partial charge in [0.25, 0.3) is 0 Å². The van der Waals surface area contributed by atoms with E-state index in [1.165, 1.54) is 18.4 Å². The molecule has 0 bridgehead atoms. The lowest BCUT2D eigenvalue weighted by molar-refractivity contribution is -0.120. The molecule has 148 valence electrons. The number of allylic oxidation sites excluding steroid dienone is 4. The van der Waals surface area contributed by atoms with Gasteiger partial charge < -0.3 is 4.90 Å². The van der Waals surface area contributed by atoms with Crippen LogP contribution in [0.3, 0.4) is 0 Å². The minimum Gasteiger partial charge on any atom is -0.357 e. The lowest BCUT2D eigenvalue weighted by Gasteiger charge is -2.16. The van der Waals surface area contributed by atoms with Crippen LogP contribution in [0.5, 0.6) is 0 Å². The molecule has 2 rings (SSSR count). The number of aryl methyl sites for hydroxylation is 1. The van der Waals surface area contributed by atoms with E-state index >= 15 is 0 Å². The van der Waals surface area contributed by atoms with Crippen LogP contribution in [0.25, 0.3) is 0 Å². The third-order valence-corrected chi connectivity index (χ3v) is 4.26. The lowest BCUT2D eigenvalue weighted by atomic mass is 10.1. The van der Waals surface area contributed by atoms with E-state index in [2.05, 4.69) is 40.1 Å². The van der Waals surface area contributed by atoms with Gasteiger partial charge in [0.05, 0.1) is 6.42 Å². The molecule has 1 amide bonds. The van der Waals surface area contributed by atoms with Gasteiger partial charge in [0, 0.05) is 19.3 Å². The maximum Gasteiger partial charge on any atom is 0.238 e. The smallest absolute Gasteiger partial charge is 0.238 e. The summed E-state index contributed by atoms with van der Waals surface area (Å²) < 4.78 is 0. The summed E-state index contributed by atoms with van der Waals surface area (Å²) in [4.78, 5) is 18.3. The minimum atomic E-state index is -0.207. The number of nitrogens with two attached hydrogens (primary N) is 1. The number of anilines is 1. The maximum atomic E-state index is 11.3. The van der Waals surface area contributed by atoms with Crippen molar-refractivity contribution in [1.29, 1.82) is 0 Å². The predicted molar refractivity (Wildman–Crippen MR) is 114 cm³/mol. The number of unbranched alkanes of at least 4 members (excludes halogenated alkanes) is 1. The van der Waals surface area contributed by atoms with E-state index in [9.17, 15) is 4.79 Å². The molecule has 1 aliphatic rings. The summed E-state index contributed by atoms with van der Waals surface area (Å²) >= 11 is 0. The van der Waals surface area contributed by atoms with Crippen molar-refractivity contribution in [3.05, 3.63) is 60.3 Å². The second-order valence-electron chi connectivity index (χ2n) is 6.23. The predicted octanol–water partition coefficient (Wildman–Crippen LogP) is 4.08. The Morgan fingerprint density at radius 2 is 2.07 bits per heavy atom. The molecule has 5 nitrogen and oxygen atoms in total. The van der Waals surface area contributed by atoms with Crippen LogP contribution in [0.4, 0.5) is 5.82 Å². The minimum absolute atomic E-state index is 0.207. The van der Waals surface area contributed by atoms with Crippen LogP contribution in [0.2, 0.25) is 0 Å². The largest absolute Gasteiger partial charge is 0.357 e. The number of rotatable bonds is 9. The van der Waals surface area contributed by atoms with Gasteiger partial charge in [-0.1, -0.05) is 50.8 Å². The maximum absolute atomic E-state index is 11.3. The van der Waals surface area contributed by atoms with Crippen LogP contribution in [-0.2, 0) is 11.2 Å². The fraction of sp³-hybridized carbons (Fsp3) is 0.455. The van der Waals surface area contributed by atoms with Crippen LogP contribution >= 0.6 is 0 Å². The Balaban J connectivity index is 0.00000176. The second kappa shape index (κ2) is 13.8. The summed E-state index contributed by atoms with van der Waals surface area (Å²) in [6.45, 7) is 9.92. The van der Waals surface area contributed by atoms with Gasteiger partial charge in [-0.25, -0.2) is 10.8 Å². The summed E-state index contributed by atoms with van der Waals surface area (Å²) in [7, 11) is 0. The van der Waals surface area contributed by atoms with Crippen molar-refractivity contribution in [3.8, 4) is 0 Å². The average Bonchev–Trinajstić information content (AvgIpc) is 3.24. The molecule has 3 N–H and O–H groups in total. The van der Waals surface area contributed by atoms with E-state index in [1.807, 2.05) is 32.2 Å². The van der Waals surface area contributed by atoms with Gasteiger partial charge >= 0.3 is 0 Å². The first-order chi connectivity index (χ1) is 13.2. The Morgan fingerprint density at radius 1 is 1.33 bits per heavy atom. The van der Waals surface area contributed by atoms with Crippen LogP contribution in [0.15, 0.2) is 54.8 Å². The molecule has 1 aromatic rings. The second-order valence-corrected chi connectivity index (χ2v) is 6.23. The molecular weight excluding hydrogens is 336 g/mol. The molecule has 0 radical (unpaired) electrons. The highest BCUT2D eigenvalue weighted by Crippen LogP contribution is 2.18. The lowest BCUT2D eigenvalue weighted by Crippen LogP contribution is -2.29. The van der Waals surface area contributed by atoms with Gasteiger partial charge in [-0.05, 0) is 49.3 Å². The molecule has 0 saturated carbocycles. The van der Waals surface area contributed by atoms with Crippen molar-refractivity contribution in [3.63, 3.8) is 0 Å². The summed E-state index contributed by atoms with van der Waals surface area (Å²) in [6.07, 6.45) is 15.4. The van der Waals surface area contributed by atoms with Crippen molar-refractivity contribution in [2.45, 2.75) is 52.4 Å². The number of hydrogen-bond donors (Lipinski definition) is 2. The van der Waals surface area contributed by atoms with Crippen LogP contribution < -0.4 is 16.2 Å². The molecule has 1 aliphatic heterocycles. The Hall–Kier alpha value is -2.40. The van der Waals surface area contributed by atoms with Crippen LogP contribution in [0.1, 0.15) is 51.5 Å². The van der Waals surface area contributed by atoms with Gasteiger partial charge in [-0.3, -0.25) is 10.2 Å².